The van der Waals surface area contributed by atoms with Gasteiger partial charge in [-0.3, -0.25) is 0 Å². The summed E-state index contributed by atoms with van der Waals surface area (Å²) in [6, 6.07) is 22.3. The van der Waals surface area contributed by atoms with Crippen LogP contribution in [0.25, 0.3) is 0 Å². The normalized spacial score (nSPS) is 10.6. The van der Waals surface area contributed by atoms with Crippen LogP contribution in [0.4, 0.5) is 0 Å². The molecule has 5 heteroatoms. The van der Waals surface area contributed by atoms with E-state index in [4.69, 9.17) is 14.6 Å². The summed E-state index contributed by atoms with van der Waals surface area (Å²) in [5.41, 5.74) is 4.53. The fourth-order valence-corrected chi connectivity index (χ4v) is 3.66. The zero-order valence-electron chi connectivity index (χ0n) is 16.6. The monoisotopic (exact) mass is 408 g/mol. The molecule has 0 saturated carbocycles. The first-order valence-electron chi connectivity index (χ1n) is 9.35. The van der Waals surface area contributed by atoms with Crippen molar-refractivity contribution in [2.24, 2.45) is 0 Å². The minimum atomic E-state index is -0.978. The number of aryl methyl sites for hydroxylation is 2. The van der Waals surface area contributed by atoms with Gasteiger partial charge in [-0.25, -0.2) is 4.79 Å². The zero-order valence-corrected chi connectivity index (χ0v) is 17.4. The van der Waals surface area contributed by atoms with Gasteiger partial charge in [0.15, 0.2) is 6.61 Å². The van der Waals surface area contributed by atoms with E-state index in [1.807, 2.05) is 37.3 Å². The first kappa shape index (κ1) is 20.8. The van der Waals surface area contributed by atoms with E-state index in [2.05, 4.69) is 43.3 Å². The summed E-state index contributed by atoms with van der Waals surface area (Å²) in [5, 5.41) is 8.71. The Kier molecular flexibility index (Phi) is 7.19. The molecule has 1 N–H and O–H groups in total. The van der Waals surface area contributed by atoms with Gasteiger partial charge in [0.2, 0.25) is 0 Å². The number of carboxylic acid groups (broad SMARTS) is 1. The van der Waals surface area contributed by atoms with Crippen molar-refractivity contribution < 1.29 is 19.4 Å². The molecule has 0 bridgehead atoms. The number of thioether (sulfide) groups is 1. The maximum Gasteiger partial charge on any atom is 0.341 e. The van der Waals surface area contributed by atoms with Gasteiger partial charge in [-0.1, -0.05) is 42.0 Å². The molecule has 4 nitrogen and oxygen atoms in total. The SMILES string of the molecule is Cc1ccc(COc2ccc(CSc3ccc(OCC(=O)O)c(C)c3)cc2)cc1. The Balaban J connectivity index is 1.50. The molecular formula is C24H24O4S. The highest BCUT2D eigenvalue weighted by Gasteiger charge is 2.05. The van der Waals surface area contributed by atoms with Crippen LogP contribution < -0.4 is 9.47 Å². The van der Waals surface area contributed by atoms with E-state index in [0.717, 1.165) is 27.5 Å². The topological polar surface area (TPSA) is 55.8 Å². The minimum absolute atomic E-state index is 0.328. The van der Waals surface area contributed by atoms with Crippen molar-refractivity contribution in [3.63, 3.8) is 0 Å². The molecule has 0 spiro atoms. The Morgan fingerprint density at radius 2 is 1.59 bits per heavy atom. The summed E-state index contributed by atoms with van der Waals surface area (Å²) in [6.07, 6.45) is 0. The fraction of sp³-hybridized carbons (Fsp3) is 0.208. The van der Waals surface area contributed by atoms with Crippen LogP contribution >= 0.6 is 11.8 Å². The van der Waals surface area contributed by atoms with Gasteiger partial charge >= 0.3 is 5.97 Å². The van der Waals surface area contributed by atoms with Gasteiger partial charge in [-0.15, -0.1) is 11.8 Å². The van der Waals surface area contributed by atoms with Crippen molar-refractivity contribution in [3.8, 4) is 11.5 Å². The second-order valence-corrected chi connectivity index (χ2v) is 7.87. The molecule has 0 aliphatic heterocycles. The average Bonchev–Trinajstić information content (AvgIpc) is 2.72. The zero-order chi connectivity index (χ0) is 20.6. The molecule has 0 amide bonds. The summed E-state index contributed by atoms with van der Waals surface area (Å²) in [4.78, 5) is 11.7. The molecule has 0 atom stereocenters. The summed E-state index contributed by atoms with van der Waals surface area (Å²) < 4.78 is 11.1. The molecule has 3 rings (SSSR count). The number of benzene rings is 3. The number of carbonyl (C=O) groups is 1. The quantitative estimate of drug-likeness (QED) is 0.465. The van der Waals surface area contributed by atoms with Crippen LogP contribution in [-0.4, -0.2) is 17.7 Å². The Hall–Kier alpha value is -2.92. The third kappa shape index (κ3) is 6.57. The van der Waals surface area contributed by atoms with E-state index in [0.29, 0.717) is 12.4 Å². The van der Waals surface area contributed by atoms with Crippen molar-refractivity contribution in [1.82, 2.24) is 0 Å². The highest BCUT2D eigenvalue weighted by molar-refractivity contribution is 7.98. The van der Waals surface area contributed by atoms with Crippen molar-refractivity contribution >= 4 is 17.7 Å². The summed E-state index contributed by atoms with van der Waals surface area (Å²) in [7, 11) is 0. The van der Waals surface area contributed by atoms with E-state index in [1.54, 1.807) is 11.8 Å². The molecule has 0 aromatic heterocycles. The van der Waals surface area contributed by atoms with Crippen LogP contribution in [0.15, 0.2) is 71.6 Å². The maximum absolute atomic E-state index is 10.6. The molecule has 0 heterocycles. The van der Waals surface area contributed by atoms with Crippen molar-refractivity contribution in [3.05, 3.63) is 89.0 Å². The van der Waals surface area contributed by atoms with E-state index in [1.165, 1.54) is 11.1 Å². The van der Waals surface area contributed by atoms with Crippen molar-refractivity contribution in [2.75, 3.05) is 6.61 Å². The number of hydrogen-bond acceptors (Lipinski definition) is 4. The molecule has 3 aromatic carbocycles. The standard InChI is InChI=1S/C24H24O4S/c1-17-3-5-19(6-4-17)14-27-21-9-7-20(8-10-21)16-29-22-11-12-23(18(2)13-22)28-15-24(25)26/h3-13H,14-16H2,1-2H3,(H,25,26). The van der Waals surface area contributed by atoms with Gasteiger partial charge < -0.3 is 14.6 Å². The highest BCUT2D eigenvalue weighted by Crippen LogP contribution is 2.28. The van der Waals surface area contributed by atoms with Crippen molar-refractivity contribution in [2.45, 2.75) is 31.1 Å². The minimum Gasteiger partial charge on any atom is -0.489 e. The number of aliphatic carboxylic acids is 1. The van der Waals surface area contributed by atoms with Crippen LogP contribution in [0.5, 0.6) is 11.5 Å². The lowest BCUT2D eigenvalue weighted by molar-refractivity contribution is -0.139. The molecule has 0 radical (unpaired) electrons. The summed E-state index contributed by atoms with van der Waals surface area (Å²) in [5.74, 6) is 1.32. The first-order valence-corrected chi connectivity index (χ1v) is 10.3. The second-order valence-electron chi connectivity index (χ2n) is 6.82. The second kappa shape index (κ2) is 10.0. The highest BCUT2D eigenvalue weighted by atomic mass is 32.2. The Morgan fingerprint density at radius 3 is 2.24 bits per heavy atom. The van der Waals surface area contributed by atoms with Gasteiger partial charge in [-0.2, -0.15) is 0 Å². The Morgan fingerprint density at radius 1 is 0.897 bits per heavy atom. The van der Waals surface area contributed by atoms with Crippen LogP contribution in [0.3, 0.4) is 0 Å². The largest absolute Gasteiger partial charge is 0.489 e. The van der Waals surface area contributed by atoms with Crippen LogP contribution in [0.1, 0.15) is 22.3 Å². The molecule has 0 aliphatic rings. The lowest BCUT2D eigenvalue weighted by Crippen LogP contribution is -2.09. The molecule has 0 aliphatic carbocycles. The molecular weight excluding hydrogens is 384 g/mol. The number of hydrogen-bond donors (Lipinski definition) is 1. The third-order valence-corrected chi connectivity index (χ3v) is 5.42. The van der Waals surface area contributed by atoms with Crippen LogP contribution in [0, 0.1) is 13.8 Å². The van der Waals surface area contributed by atoms with Gasteiger partial charge in [0.05, 0.1) is 0 Å². The van der Waals surface area contributed by atoms with E-state index >= 15 is 0 Å². The lowest BCUT2D eigenvalue weighted by atomic mass is 10.2. The molecule has 0 fully saturated rings. The van der Waals surface area contributed by atoms with Gasteiger partial charge in [0.25, 0.3) is 0 Å². The lowest BCUT2D eigenvalue weighted by Gasteiger charge is -2.10. The molecule has 29 heavy (non-hydrogen) atoms. The van der Waals surface area contributed by atoms with Crippen molar-refractivity contribution in [1.29, 1.82) is 0 Å². The fourth-order valence-electron chi connectivity index (χ4n) is 2.71. The Bertz CT molecular complexity index is 950. The van der Waals surface area contributed by atoms with Gasteiger partial charge in [0, 0.05) is 10.6 Å². The number of carboxylic acids is 1. The molecule has 3 aromatic rings. The summed E-state index contributed by atoms with van der Waals surface area (Å²) in [6.45, 7) is 4.22. The first-order chi connectivity index (χ1) is 14.0. The van der Waals surface area contributed by atoms with Crippen LogP contribution in [0.2, 0.25) is 0 Å². The van der Waals surface area contributed by atoms with Gasteiger partial charge in [-0.05, 0) is 60.9 Å². The molecule has 150 valence electrons. The van der Waals surface area contributed by atoms with E-state index in [-0.39, 0.29) is 6.61 Å². The predicted octanol–water partition coefficient (Wildman–Crippen LogP) is 5.64. The molecule has 0 unspecified atom stereocenters. The average molecular weight is 409 g/mol. The maximum atomic E-state index is 10.6. The Labute approximate surface area is 175 Å². The predicted molar refractivity (Wildman–Crippen MR) is 116 cm³/mol. The third-order valence-electron chi connectivity index (χ3n) is 4.35. The number of rotatable bonds is 9. The van der Waals surface area contributed by atoms with E-state index in [9.17, 15) is 4.79 Å². The smallest absolute Gasteiger partial charge is 0.341 e. The summed E-state index contributed by atoms with van der Waals surface area (Å²) >= 11 is 1.73. The van der Waals surface area contributed by atoms with Crippen LogP contribution in [-0.2, 0) is 17.2 Å². The van der Waals surface area contributed by atoms with E-state index < -0.39 is 5.97 Å². The number of ether oxygens (including phenoxy) is 2. The van der Waals surface area contributed by atoms with Gasteiger partial charge in [0.1, 0.15) is 18.1 Å². The molecule has 0 saturated heterocycles.